The lowest BCUT2D eigenvalue weighted by Crippen LogP contribution is -2.28. The molecule has 5 nitrogen and oxygen atoms in total. The molecule has 0 amide bonds. The van der Waals surface area contributed by atoms with Crippen LogP contribution in [0.15, 0.2) is 42.5 Å². The van der Waals surface area contributed by atoms with E-state index in [-0.39, 0.29) is 17.4 Å². The van der Waals surface area contributed by atoms with Crippen LogP contribution in [0.25, 0.3) is 0 Å². The van der Waals surface area contributed by atoms with E-state index >= 15 is 0 Å². The Labute approximate surface area is 145 Å². The average molecular weight is 343 g/mol. The third kappa shape index (κ3) is 5.21. The molecule has 0 saturated carbocycles. The molecule has 2 aromatic rings. The van der Waals surface area contributed by atoms with Crippen LogP contribution in [0.2, 0.25) is 0 Å². The lowest BCUT2D eigenvalue weighted by molar-refractivity contribution is -0.154. The van der Waals surface area contributed by atoms with Gasteiger partial charge in [-0.1, -0.05) is 0 Å². The SMILES string of the molecule is CC(C)OC(=O)C(C)Oc1ccc(Oc2ccc(C#N)cc2F)cc1. The molecule has 2 rings (SSSR count). The Morgan fingerprint density at radius 1 is 1.08 bits per heavy atom. The maximum absolute atomic E-state index is 13.8. The molecule has 0 N–H and O–H groups in total. The third-order valence-electron chi connectivity index (χ3n) is 3.11. The van der Waals surface area contributed by atoms with Crippen molar-refractivity contribution in [2.75, 3.05) is 0 Å². The fourth-order valence-electron chi connectivity index (χ4n) is 1.95. The van der Waals surface area contributed by atoms with Crippen molar-refractivity contribution in [3.63, 3.8) is 0 Å². The number of ether oxygens (including phenoxy) is 3. The van der Waals surface area contributed by atoms with Gasteiger partial charge in [-0.3, -0.25) is 0 Å². The minimum Gasteiger partial charge on any atom is -0.479 e. The highest BCUT2D eigenvalue weighted by molar-refractivity contribution is 5.74. The standard InChI is InChI=1S/C19H18FNO4/c1-12(2)23-19(22)13(3)24-15-5-7-16(8-6-15)25-18-9-4-14(11-21)10-17(18)20/h4-10,12-13H,1-3H3. The zero-order valence-corrected chi connectivity index (χ0v) is 14.2. The Morgan fingerprint density at radius 2 is 1.72 bits per heavy atom. The molecule has 1 unspecified atom stereocenters. The number of carbonyl (C=O) groups is 1. The fraction of sp³-hybridized carbons (Fsp3) is 0.263. The molecule has 0 aliphatic rings. The van der Waals surface area contributed by atoms with Crippen molar-refractivity contribution in [3.05, 3.63) is 53.8 Å². The minimum absolute atomic E-state index is 0.0153. The number of rotatable bonds is 6. The summed E-state index contributed by atoms with van der Waals surface area (Å²) in [5, 5.41) is 8.73. The van der Waals surface area contributed by atoms with Gasteiger partial charge in [0.15, 0.2) is 17.7 Å². The molecule has 130 valence electrons. The van der Waals surface area contributed by atoms with Gasteiger partial charge in [0.2, 0.25) is 0 Å². The van der Waals surface area contributed by atoms with Crippen molar-refractivity contribution in [2.24, 2.45) is 0 Å². The first-order valence-corrected chi connectivity index (χ1v) is 7.73. The Hall–Kier alpha value is -3.07. The summed E-state index contributed by atoms with van der Waals surface area (Å²) in [4.78, 5) is 11.7. The van der Waals surface area contributed by atoms with E-state index in [9.17, 15) is 9.18 Å². The molecule has 0 saturated heterocycles. The van der Waals surface area contributed by atoms with E-state index in [1.165, 1.54) is 12.1 Å². The lowest BCUT2D eigenvalue weighted by Gasteiger charge is -2.16. The number of benzene rings is 2. The molecule has 1 atom stereocenters. The van der Waals surface area contributed by atoms with Crippen LogP contribution in [0.4, 0.5) is 4.39 Å². The number of hydrogen-bond acceptors (Lipinski definition) is 5. The first kappa shape index (κ1) is 18.3. The zero-order valence-electron chi connectivity index (χ0n) is 14.2. The molecule has 0 aliphatic carbocycles. The van der Waals surface area contributed by atoms with Gasteiger partial charge in [0.05, 0.1) is 17.7 Å². The number of nitriles is 1. The molecule has 0 aromatic heterocycles. The Balaban J connectivity index is 2.00. The van der Waals surface area contributed by atoms with Gasteiger partial charge >= 0.3 is 5.97 Å². The van der Waals surface area contributed by atoms with E-state index in [1.807, 2.05) is 6.07 Å². The molecule has 6 heteroatoms. The Morgan fingerprint density at radius 3 is 2.28 bits per heavy atom. The second-order valence-electron chi connectivity index (χ2n) is 5.58. The minimum atomic E-state index is -0.745. The van der Waals surface area contributed by atoms with Crippen LogP contribution in [0.5, 0.6) is 17.2 Å². The van der Waals surface area contributed by atoms with Gasteiger partial charge in [0.1, 0.15) is 11.5 Å². The first-order valence-electron chi connectivity index (χ1n) is 7.73. The molecule has 2 aromatic carbocycles. The van der Waals surface area contributed by atoms with Gasteiger partial charge in [-0.2, -0.15) is 5.26 Å². The number of hydrogen-bond donors (Lipinski definition) is 0. The molecule has 0 radical (unpaired) electrons. The summed E-state index contributed by atoms with van der Waals surface area (Å²) in [7, 11) is 0. The van der Waals surface area contributed by atoms with Crippen molar-refractivity contribution in [1.29, 1.82) is 5.26 Å². The van der Waals surface area contributed by atoms with Gasteiger partial charge in [-0.25, -0.2) is 9.18 Å². The van der Waals surface area contributed by atoms with Gasteiger partial charge < -0.3 is 14.2 Å². The van der Waals surface area contributed by atoms with Gasteiger partial charge in [0.25, 0.3) is 0 Å². The van der Waals surface area contributed by atoms with Crippen LogP contribution >= 0.6 is 0 Å². The fourth-order valence-corrected chi connectivity index (χ4v) is 1.95. The maximum atomic E-state index is 13.8. The molecule has 0 spiro atoms. The predicted octanol–water partition coefficient (Wildman–Crippen LogP) is 4.21. The van der Waals surface area contributed by atoms with Gasteiger partial charge in [0, 0.05) is 0 Å². The van der Waals surface area contributed by atoms with E-state index in [1.54, 1.807) is 45.0 Å². The summed E-state index contributed by atoms with van der Waals surface area (Å²) in [5.74, 6) is -0.199. The molecular weight excluding hydrogens is 325 g/mol. The van der Waals surface area contributed by atoms with E-state index in [0.29, 0.717) is 11.5 Å². The van der Waals surface area contributed by atoms with E-state index < -0.39 is 17.9 Å². The average Bonchev–Trinajstić information content (AvgIpc) is 2.57. The second-order valence-corrected chi connectivity index (χ2v) is 5.58. The van der Waals surface area contributed by atoms with Crippen LogP contribution in [-0.2, 0) is 9.53 Å². The highest BCUT2D eigenvalue weighted by Crippen LogP contribution is 2.27. The molecule has 0 bridgehead atoms. The van der Waals surface area contributed by atoms with Crippen LogP contribution in [0.3, 0.4) is 0 Å². The lowest BCUT2D eigenvalue weighted by atomic mass is 10.2. The largest absolute Gasteiger partial charge is 0.479 e. The number of nitrogens with zero attached hydrogens (tertiary/aromatic N) is 1. The van der Waals surface area contributed by atoms with Crippen molar-refractivity contribution >= 4 is 5.97 Å². The zero-order chi connectivity index (χ0) is 18.4. The van der Waals surface area contributed by atoms with Crippen molar-refractivity contribution in [1.82, 2.24) is 0 Å². The third-order valence-corrected chi connectivity index (χ3v) is 3.11. The summed E-state index contributed by atoms with van der Waals surface area (Å²) in [5.41, 5.74) is 0.218. The predicted molar refractivity (Wildman–Crippen MR) is 88.9 cm³/mol. The highest BCUT2D eigenvalue weighted by Gasteiger charge is 2.17. The quantitative estimate of drug-likeness (QED) is 0.735. The van der Waals surface area contributed by atoms with Crippen molar-refractivity contribution in [2.45, 2.75) is 33.0 Å². The van der Waals surface area contributed by atoms with E-state index in [2.05, 4.69) is 0 Å². The molecule has 0 aliphatic heterocycles. The number of esters is 1. The highest BCUT2D eigenvalue weighted by atomic mass is 19.1. The monoisotopic (exact) mass is 343 g/mol. The molecule has 25 heavy (non-hydrogen) atoms. The van der Waals surface area contributed by atoms with Crippen molar-refractivity contribution < 1.29 is 23.4 Å². The van der Waals surface area contributed by atoms with Gasteiger partial charge in [-0.15, -0.1) is 0 Å². The smallest absolute Gasteiger partial charge is 0.347 e. The number of carbonyl (C=O) groups excluding carboxylic acids is 1. The van der Waals surface area contributed by atoms with Crippen LogP contribution in [0.1, 0.15) is 26.3 Å². The van der Waals surface area contributed by atoms with Crippen LogP contribution in [0, 0.1) is 17.1 Å². The first-order chi connectivity index (χ1) is 11.9. The number of halogens is 1. The Bertz CT molecular complexity index is 781. The molecule has 0 fully saturated rings. The van der Waals surface area contributed by atoms with E-state index in [0.717, 1.165) is 6.07 Å². The topological polar surface area (TPSA) is 68.6 Å². The molecule has 0 heterocycles. The van der Waals surface area contributed by atoms with E-state index in [4.69, 9.17) is 19.5 Å². The Kier molecular flexibility index (Phi) is 5.96. The van der Waals surface area contributed by atoms with Crippen LogP contribution in [-0.4, -0.2) is 18.2 Å². The molecular formula is C19H18FNO4. The normalized spacial score (nSPS) is 11.5. The maximum Gasteiger partial charge on any atom is 0.347 e. The van der Waals surface area contributed by atoms with Gasteiger partial charge in [-0.05, 0) is 63.2 Å². The summed E-state index contributed by atoms with van der Waals surface area (Å²) < 4.78 is 29.8. The summed E-state index contributed by atoms with van der Waals surface area (Å²) >= 11 is 0. The van der Waals surface area contributed by atoms with Crippen LogP contribution < -0.4 is 9.47 Å². The van der Waals surface area contributed by atoms with Crippen molar-refractivity contribution in [3.8, 4) is 23.3 Å². The summed E-state index contributed by atoms with van der Waals surface area (Å²) in [6.45, 7) is 5.12. The summed E-state index contributed by atoms with van der Waals surface area (Å²) in [6.07, 6.45) is -0.957. The second kappa shape index (κ2) is 8.15. The summed E-state index contributed by atoms with van der Waals surface area (Å²) in [6, 6.07) is 12.2.